The molecular formula is C12H10N4S. The summed E-state index contributed by atoms with van der Waals surface area (Å²) in [5, 5.41) is 0. The topological polar surface area (TPSA) is 54.5 Å². The maximum Gasteiger partial charge on any atom is 0.181 e. The van der Waals surface area contributed by atoms with Gasteiger partial charge in [0, 0.05) is 10.5 Å². The average Bonchev–Trinajstić information content (AvgIpc) is 2.82. The number of hydrogen-bond donors (Lipinski definition) is 1. The molecule has 1 N–H and O–H groups in total. The number of benzene rings is 1. The van der Waals surface area contributed by atoms with E-state index in [4.69, 9.17) is 0 Å². The zero-order chi connectivity index (χ0) is 11.7. The molecule has 17 heavy (non-hydrogen) atoms. The molecule has 0 bridgehead atoms. The molecule has 5 heteroatoms. The molecule has 0 amide bonds. The molecule has 0 aliphatic heterocycles. The van der Waals surface area contributed by atoms with Crippen LogP contribution in [0.25, 0.3) is 22.6 Å². The number of thioether (sulfide) groups is 1. The summed E-state index contributed by atoms with van der Waals surface area (Å²) >= 11 is 1.72. The summed E-state index contributed by atoms with van der Waals surface area (Å²) < 4.78 is 0. The van der Waals surface area contributed by atoms with Crippen LogP contribution in [0, 0.1) is 0 Å². The van der Waals surface area contributed by atoms with E-state index in [1.165, 1.54) is 11.2 Å². The number of nitrogens with one attached hydrogen (secondary N) is 1. The van der Waals surface area contributed by atoms with Crippen molar-refractivity contribution in [2.24, 2.45) is 0 Å². The molecule has 0 radical (unpaired) electrons. The summed E-state index contributed by atoms with van der Waals surface area (Å²) in [6.07, 6.45) is 5.30. The molecule has 0 fully saturated rings. The van der Waals surface area contributed by atoms with Crippen molar-refractivity contribution in [2.75, 3.05) is 6.26 Å². The van der Waals surface area contributed by atoms with E-state index in [-0.39, 0.29) is 0 Å². The van der Waals surface area contributed by atoms with E-state index < -0.39 is 0 Å². The van der Waals surface area contributed by atoms with E-state index in [2.05, 4.69) is 50.5 Å². The monoisotopic (exact) mass is 242 g/mol. The summed E-state index contributed by atoms with van der Waals surface area (Å²) in [7, 11) is 0. The second-order valence-corrected chi connectivity index (χ2v) is 4.45. The van der Waals surface area contributed by atoms with Gasteiger partial charge in [-0.1, -0.05) is 12.1 Å². The number of H-pyrrole nitrogens is 1. The van der Waals surface area contributed by atoms with E-state index in [1.807, 2.05) is 0 Å². The molecule has 4 nitrogen and oxygen atoms in total. The second kappa shape index (κ2) is 4.18. The number of fused-ring (bicyclic) bond motifs is 1. The molecule has 2 heterocycles. The van der Waals surface area contributed by atoms with Crippen LogP contribution in [0.1, 0.15) is 0 Å². The summed E-state index contributed by atoms with van der Waals surface area (Å²) in [6.45, 7) is 0. The average molecular weight is 242 g/mol. The Kier molecular flexibility index (Phi) is 2.53. The largest absolute Gasteiger partial charge is 0.335 e. The Morgan fingerprint density at radius 3 is 2.71 bits per heavy atom. The van der Waals surface area contributed by atoms with Crippen LogP contribution in [-0.4, -0.2) is 26.2 Å². The van der Waals surface area contributed by atoms with E-state index >= 15 is 0 Å². The molecule has 0 unspecified atom stereocenters. The molecule has 0 saturated heterocycles. The molecule has 0 aliphatic rings. The Morgan fingerprint density at radius 2 is 2.00 bits per heavy atom. The minimum Gasteiger partial charge on any atom is -0.335 e. The highest BCUT2D eigenvalue weighted by Gasteiger charge is 2.05. The third-order valence-electron chi connectivity index (χ3n) is 2.53. The van der Waals surface area contributed by atoms with Gasteiger partial charge >= 0.3 is 0 Å². The van der Waals surface area contributed by atoms with Gasteiger partial charge in [0.25, 0.3) is 0 Å². The minimum atomic E-state index is 0.698. The fourth-order valence-electron chi connectivity index (χ4n) is 1.65. The maximum atomic E-state index is 4.42. The Bertz CT molecular complexity index is 612. The number of imidazole rings is 1. The normalized spacial score (nSPS) is 10.9. The molecule has 0 aliphatic carbocycles. The van der Waals surface area contributed by atoms with Gasteiger partial charge in [-0.2, -0.15) is 0 Å². The van der Waals surface area contributed by atoms with Crippen LogP contribution in [0.3, 0.4) is 0 Å². The van der Waals surface area contributed by atoms with E-state index in [1.54, 1.807) is 18.0 Å². The summed E-state index contributed by atoms with van der Waals surface area (Å²) in [5.74, 6) is 0.827. The van der Waals surface area contributed by atoms with Crippen LogP contribution in [0.5, 0.6) is 0 Å². The van der Waals surface area contributed by atoms with Crippen molar-refractivity contribution in [3.8, 4) is 11.4 Å². The van der Waals surface area contributed by atoms with Crippen molar-refractivity contribution in [1.29, 1.82) is 0 Å². The predicted octanol–water partition coefficient (Wildman–Crippen LogP) is 2.74. The SMILES string of the molecule is CSc1ccc(-c2nc3ncncc3[nH]2)cc1. The number of aromatic nitrogens is 4. The Hall–Kier alpha value is -1.88. The summed E-state index contributed by atoms with van der Waals surface area (Å²) in [5.41, 5.74) is 2.61. The van der Waals surface area contributed by atoms with Crippen LogP contribution >= 0.6 is 11.8 Å². The van der Waals surface area contributed by atoms with Crippen LogP contribution < -0.4 is 0 Å². The van der Waals surface area contributed by atoms with E-state index in [9.17, 15) is 0 Å². The number of rotatable bonds is 2. The van der Waals surface area contributed by atoms with Gasteiger partial charge in [-0.25, -0.2) is 15.0 Å². The molecule has 0 atom stereocenters. The highest BCUT2D eigenvalue weighted by Crippen LogP contribution is 2.22. The van der Waals surface area contributed by atoms with Gasteiger partial charge in [-0.3, -0.25) is 0 Å². The first-order valence-corrected chi connectivity index (χ1v) is 6.39. The Labute approximate surface area is 103 Å². The lowest BCUT2D eigenvalue weighted by Crippen LogP contribution is -1.80. The molecule has 0 spiro atoms. The molecule has 3 aromatic rings. The van der Waals surface area contributed by atoms with Crippen LogP contribution in [0.15, 0.2) is 41.7 Å². The Morgan fingerprint density at radius 1 is 1.18 bits per heavy atom. The maximum absolute atomic E-state index is 4.42. The standard InChI is InChI=1S/C12H10N4S/c1-17-9-4-2-8(3-5-9)11-15-10-6-13-7-14-12(10)16-11/h2-7H,1H3,(H,13,14,15,16). The molecular weight excluding hydrogens is 232 g/mol. The van der Waals surface area contributed by atoms with E-state index in [0.29, 0.717) is 5.65 Å². The molecule has 0 saturated carbocycles. The van der Waals surface area contributed by atoms with Gasteiger partial charge in [0.2, 0.25) is 0 Å². The number of nitrogens with zero attached hydrogens (tertiary/aromatic N) is 3. The number of aromatic amines is 1. The zero-order valence-electron chi connectivity index (χ0n) is 9.21. The third kappa shape index (κ3) is 1.89. The highest BCUT2D eigenvalue weighted by atomic mass is 32.2. The fraction of sp³-hybridized carbons (Fsp3) is 0.0833. The first-order chi connectivity index (χ1) is 8.36. The quantitative estimate of drug-likeness (QED) is 0.702. The lowest BCUT2D eigenvalue weighted by Gasteiger charge is -1.98. The summed E-state index contributed by atoms with van der Waals surface area (Å²) in [6, 6.07) is 8.27. The second-order valence-electron chi connectivity index (χ2n) is 3.57. The summed E-state index contributed by atoms with van der Waals surface area (Å²) in [4.78, 5) is 16.9. The lowest BCUT2D eigenvalue weighted by atomic mass is 10.2. The van der Waals surface area contributed by atoms with Crippen molar-refractivity contribution in [3.63, 3.8) is 0 Å². The highest BCUT2D eigenvalue weighted by molar-refractivity contribution is 7.98. The van der Waals surface area contributed by atoms with Crippen LogP contribution in [-0.2, 0) is 0 Å². The molecule has 1 aromatic carbocycles. The Balaban J connectivity index is 2.07. The lowest BCUT2D eigenvalue weighted by molar-refractivity contribution is 1.20. The van der Waals surface area contributed by atoms with E-state index in [0.717, 1.165) is 16.9 Å². The van der Waals surface area contributed by atoms with Gasteiger partial charge in [0.05, 0.1) is 6.20 Å². The third-order valence-corrected chi connectivity index (χ3v) is 3.27. The first kappa shape index (κ1) is 10.3. The van der Waals surface area contributed by atoms with Crippen molar-refractivity contribution in [3.05, 3.63) is 36.8 Å². The molecule has 2 aromatic heterocycles. The van der Waals surface area contributed by atoms with Crippen molar-refractivity contribution in [2.45, 2.75) is 4.90 Å². The van der Waals surface area contributed by atoms with Crippen molar-refractivity contribution >= 4 is 22.9 Å². The fourth-order valence-corrected chi connectivity index (χ4v) is 2.06. The van der Waals surface area contributed by atoms with Crippen molar-refractivity contribution in [1.82, 2.24) is 19.9 Å². The van der Waals surface area contributed by atoms with Gasteiger partial charge in [0.1, 0.15) is 17.7 Å². The van der Waals surface area contributed by atoms with Crippen LogP contribution in [0.2, 0.25) is 0 Å². The first-order valence-electron chi connectivity index (χ1n) is 5.17. The molecule has 84 valence electrons. The zero-order valence-corrected chi connectivity index (χ0v) is 10.0. The number of hydrogen-bond acceptors (Lipinski definition) is 4. The van der Waals surface area contributed by atoms with Gasteiger partial charge in [-0.15, -0.1) is 11.8 Å². The molecule has 3 rings (SSSR count). The van der Waals surface area contributed by atoms with Gasteiger partial charge in [-0.05, 0) is 18.4 Å². The minimum absolute atomic E-state index is 0.698. The smallest absolute Gasteiger partial charge is 0.181 e. The van der Waals surface area contributed by atoms with Crippen molar-refractivity contribution < 1.29 is 0 Å². The van der Waals surface area contributed by atoms with Crippen LogP contribution in [0.4, 0.5) is 0 Å². The predicted molar refractivity (Wildman–Crippen MR) is 68.9 cm³/mol. The van der Waals surface area contributed by atoms with Gasteiger partial charge < -0.3 is 4.98 Å². The van der Waals surface area contributed by atoms with Gasteiger partial charge in [0.15, 0.2) is 5.65 Å².